The number of nitrogens with zero attached hydrogens (tertiary/aromatic N) is 3. The van der Waals surface area contributed by atoms with Gasteiger partial charge in [-0.05, 0) is 30.7 Å². The molecule has 0 saturated carbocycles. The van der Waals surface area contributed by atoms with Gasteiger partial charge in [-0.1, -0.05) is 36.4 Å². The zero-order valence-electron chi connectivity index (χ0n) is 14.4. The van der Waals surface area contributed by atoms with Crippen LogP contribution in [-0.4, -0.2) is 26.0 Å². The molecule has 0 aliphatic rings. The van der Waals surface area contributed by atoms with Crippen LogP contribution in [0.5, 0.6) is 0 Å². The average Bonchev–Trinajstić information content (AvgIpc) is 2.67. The Bertz CT molecular complexity index is 1070. The topological polar surface area (TPSA) is 102 Å². The van der Waals surface area contributed by atoms with Crippen LogP contribution >= 0.6 is 11.6 Å². The van der Waals surface area contributed by atoms with Crippen LogP contribution in [0.4, 0.5) is 5.82 Å². The van der Waals surface area contributed by atoms with Crippen molar-refractivity contribution < 1.29 is 9.90 Å². The molecule has 7 heteroatoms. The Balaban J connectivity index is 2.11. The minimum absolute atomic E-state index is 0.0331. The molecule has 0 unspecified atom stereocenters. The molecule has 0 atom stereocenters. The Hall–Kier alpha value is -3.43. The molecule has 0 aliphatic carbocycles. The number of nitrogens with two attached hydrogens (primary N) is 1. The minimum atomic E-state index is -1.08. The van der Waals surface area contributed by atoms with Gasteiger partial charge in [0, 0.05) is 17.3 Å². The number of aromatic carboxylic acids is 1. The van der Waals surface area contributed by atoms with Crippen molar-refractivity contribution in [3.05, 3.63) is 70.3 Å². The molecule has 3 aromatic rings. The van der Waals surface area contributed by atoms with Crippen LogP contribution in [-0.2, 0) is 6.42 Å². The standard InChI is InChI=1S/C20H15ClN4O2/c1-2-17-15(6-3-12-4-8-18(22)23-10-12)19(25-11-24-17)13-5-7-14(20(26)27)16(21)9-13/h4-5,7-11H,2H2,1H3,(H2,22,23)(H,26,27). The van der Waals surface area contributed by atoms with Crippen molar-refractivity contribution in [2.24, 2.45) is 0 Å². The van der Waals surface area contributed by atoms with E-state index in [1.165, 1.54) is 12.4 Å². The molecular weight excluding hydrogens is 364 g/mol. The number of anilines is 1. The number of aromatic nitrogens is 3. The van der Waals surface area contributed by atoms with E-state index in [2.05, 4.69) is 26.8 Å². The summed E-state index contributed by atoms with van der Waals surface area (Å²) in [6.07, 6.45) is 3.72. The second kappa shape index (κ2) is 7.85. The quantitative estimate of drug-likeness (QED) is 0.677. The first kappa shape index (κ1) is 18.4. The highest BCUT2D eigenvalue weighted by molar-refractivity contribution is 6.33. The number of nitrogen functional groups attached to an aromatic ring is 1. The number of benzene rings is 1. The second-order valence-electron chi connectivity index (χ2n) is 5.62. The van der Waals surface area contributed by atoms with Crippen LogP contribution < -0.4 is 5.73 Å². The molecular formula is C20H15ClN4O2. The predicted molar refractivity (Wildman–Crippen MR) is 103 cm³/mol. The van der Waals surface area contributed by atoms with E-state index in [9.17, 15) is 4.79 Å². The van der Waals surface area contributed by atoms with Gasteiger partial charge >= 0.3 is 5.97 Å². The highest BCUT2D eigenvalue weighted by atomic mass is 35.5. The van der Waals surface area contributed by atoms with Crippen LogP contribution in [0.2, 0.25) is 5.02 Å². The van der Waals surface area contributed by atoms with Crippen LogP contribution in [0.15, 0.2) is 42.9 Å². The lowest BCUT2D eigenvalue weighted by Gasteiger charge is -2.09. The Labute approximate surface area is 161 Å². The van der Waals surface area contributed by atoms with E-state index in [0.717, 1.165) is 5.69 Å². The van der Waals surface area contributed by atoms with Crippen molar-refractivity contribution in [2.45, 2.75) is 13.3 Å². The maximum atomic E-state index is 11.2. The minimum Gasteiger partial charge on any atom is -0.478 e. The van der Waals surface area contributed by atoms with Gasteiger partial charge in [-0.2, -0.15) is 0 Å². The maximum absolute atomic E-state index is 11.2. The third-order valence-corrected chi connectivity index (χ3v) is 4.16. The first-order valence-corrected chi connectivity index (χ1v) is 8.48. The molecule has 2 aromatic heterocycles. The molecule has 3 rings (SSSR count). The number of rotatable bonds is 3. The van der Waals surface area contributed by atoms with E-state index in [1.807, 2.05) is 6.92 Å². The van der Waals surface area contributed by atoms with Crippen molar-refractivity contribution in [2.75, 3.05) is 5.73 Å². The molecule has 0 bridgehead atoms. The summed E-state index contributed by atoms with van der Waals surface area (Å²) >= 11 is 6.11. The van der Waals surface area contributed by atoms with Gasteiger partial charge in [0.05, 0.1) is 27.5 Å². The van der Waals surface area contributed by atoms with Gasteiger partial charge in [-0.3, -0.25) is 0 Å². The van der Waals surface area contributed by atoms with Crippen molar-refractivity contribution >= 4 is 23.4 Å². The van der Waals surface area contributed by atoms with Crippen LogP contribution in [0.3, 0.4) is 0 Å². The summed E-state index contributed by atoms with van der Waals surface area (Å²) in [5, 5.41) is 9.28. The van der Waals surface area contributed by atoms with E-state index in [4.69, 9.17) is 22.4 Å². The Morgan fingerprint density at radius 2 is 2.00 bits per heavy atom. The maximum Gasteiger partial charge on any atom is 0.337 e. The van der Waals surface area contributed by atoms with E-state index < -0.39 is 5.97 Å². The molecule has 0 spiro atoms. The van der Waals surface area contributed by atoms with Gasteiger partial charge in [0.1, 0.15) is 12.1 Å². The number of carboxylic acid groups (broad SMARTS) is 1. The molecule has 0 amide bonds. The molecule has 0 aliphatic heterocycles. The number of pyridine rings is 1. The number of hydrogen-bond acceptors (Lipinski definition) is 5. The molecule has 0 saturated heterocycles. The number of carboxylic acids is 1. The summed E-state index contributed by atoms with van der Waals surface area (Å²) < 4.78 is 0. The zero-order valence-corrected chi connectivity index (χ0v) is 15.2. The van der Waals surface area contributed by atoms with E-state index >= 15 is 0 Å². The number of halogens is 1. The van der Waals surface area contributed by atoms with Gasteiger partial charge in [0.2, 0.25) is 0 Å². The lowest BCUT2D eigenvalue weighted by molar-refractivity contribution is 0.0697. The smallest absolute Gasteiger partial charge is 0.337 e. The molecule has 2 heterocycles. The van der Waals surface area contributed by atoms with E-state index in [-0.39, 0.29) is 10.6 Å². The molecule has 134 valence electrons. The van der Waals surface area contributed by atoms with Crippen LogP contribution in [0.1, 0.15) is 34.1 Å². The monoisotopic (exact) mass is 378 g/mol. The fraction of sp³-hybridized carbons (Fsp3) is 0.100. The largest absolute Gasteiger partial charge is 0.478 e. The van der Waals surface area contributed by atoms with E-state index in [1.54, 1.807) is 30.5 Å². The van der Waals surface area contributed by atoms with Gasteiger partial charge in [-0.25, -0.2) is 19.7 Å². The summed E-state index contributed by atoms with van der Waals surface area (Å²) in [4.78, 5) is 23.8. The van der Waals surface area contributed by atoms with Crippen LogP contribution in [0.25, 0.3) is 11.3 Å². The van der Waals surface area contributed by atoms with Gasteiger partial charge in [0.15, 0.2) is 0 Å². The van der Waals surface area contributed by atoms with Gasteiger partial charge in [-0.15, -0.1) is 0 Å². The lowest BCUT2D eigenvalue weighted by atomic mass is 10.0. The highest BCUT2D eigenvalue weighted by Crippen LogP contribution is 2.27. The van der Waals surface area contributed by atoms with Crippen LogP contribution in [0, 0.1) is 11.8 Å². The summed E-state index contributed by atoms with van der Waals surface area (Å²) in [6, 6.07) is 8.14. The predicted octanol–water partition coefficient (Wildman–Crippen LogP) is 3.43. The molecule has 0 radical (unpaired) electrons. The summed E-state index contributed by atoms with van der Waals surface area (Å²) in [7, 11) is 0. The molecule has 6 nitrogen and oxygen atoms in total. The molecule has 3 N–H and O–H groups in total. The Kier molecular flexibility index (Phi) is 5.34. The fourth-order valence-corrected chi connectivity index (χ4v) is 2.75. The second-order valence-corrected chi connectivity index (χ2v) is 6.03. The van der Waals surface area contributed by atoms with Gasteiger partial charge in [0.25, 0.3) is 0 Å². The number of hydrogen-bond donors (Lipinski definition) is 2. The van der Waals surface area contributed by atoms with Crippen molar-refractivity contribution in [3.8, 4) is 23.1 Å². The number of carbonyl (C=O) groups is 1. The molecule has 27 heavy (non-hydrogen) atoms. The number of aryl methyl sites for hydroxylation is 1. The van der Waals surface area contributed by atoms with Crippen molar-refractivity contribution in [3.63, 3.8) is 0 Å². The summed E-state index contributed by atoms with van der Waals surface area (Å²) in [6.45, 7) is 1.97. The van der Waals surface area contributed by atoms with E-state index in [0.29, 0.717) is 34.6 Å². The third kappa shape index (κ3) is 4.05. The summed E-state index contributed by atoms with van der Waals surface area (Å²) in [5.41, 5.74) is 9.05. The highest BCUT2D eigenvalue weighted by Gasteiger charge is 2.14. The zero-order chi connectivity index (χ0) is 19.4. The molecule has 1 aromatic carbocycles. The Morgan fingerprint density at radius 3 is 2.63 bits per heavy atom. The summed E-state index contributed by atoms with van der Waals surface area (Å²) in [5.74, 6) is 5.49. The molecule has 0 fully saturated rings. The first-order chi connectivity index (χ1) is 13.0. The fourth-order valence-electron chi connectivity index (χ4n) is 2.49. The average molecular weight is 379 g/mol. The normalized spacial score (nSPS) is 10.1. The van der Waals surface area contributed by atoms with Gasteiger partial charge < -0.3 is 10.8 Å². The van der Waals surface area contributed by atoms with Crippen molar-refractivity contribution in [1.82, 2.24) is 15.0 Å². The SMILES string of the molecule is CCc1ncnc(-c2ccc(C(=O)O)c(Cl)c2)c1C#Cc1ccc(N)nc1. The lowest BCUT2D eigenvalue weighted by Crippen LogP contribution is -2.01. The third-order valence-electron chi connectivity index (χ3n) is 3.85. The first-order valence-electron chi connectivity index (χ1n) is 8.10. The van der Waals surface area contributed by atoms with Crippen molar-refractivity contribution in [1.29, 1.82) is 0 Å². The Morgan fingerprint density at radius 1 is 1.19 bits per heavy atom.